The van der Waals surface area contributed by atoms with Crippen molar-refractivity contribution in [3.63, 3.8) is 0 Å². The molecule has 0 unspecified atom stereocenters. The monoisotopic (exact) mass is 370 g/mol. The van der Waals surface area contributed by atoms with E-state index in [1.807, 2.05) is 19.1 Å². The molecular weight excluding hydrogens is 344 g/mol. The number of rotatable bonds is 5. The summed E-state index contributed by atoms with van der Waals surface area (Å²) in [6.07, 6.45) is 8.82. The molecule has 144 valence electrons. The fourth-order valence-corrected chi connectivity index (χ4v) is 3.89. The second-order valence-corrected chi connectivity index (χ2v) is 7.47. The molecule has 2 amide bonds. The van der Waals surface area contributed by atoms with Crippen molar-refractivity contribution in [3.05, 3.63) is 41.5 Å². The van der Waals surface area contributed by atoms with Gasteiger partial charge in [0.1, 0.15) is 0 Å². The molecule has 0 bridgehead atoms. The van der Waals surface area contributed by atoms with E-state index in [4.69, 9.17) is 0 Å². The van der Waals surface area contributed by atoms with Crippen molar-refractivity contribution in [1.29, 1.82) is 0 Å². The Morgan fingerprint density at radius 1 is 1.04 bits per heavy atom. The van der Waals surface area contributed by atoms with Gasteiger partial charge in [-0.2, -0.15) is 0 Å². The van der Waals surface area contributed by atoms with Crippen molar-refractivity contribution in [2.24, 2.45) is 11.8 Å². The Bertz CT molecular complexity index is 765. The molecule has 6 nitrogen and oxygen atoms in total. The minimum absolute atomic E-state index is 0.0914. The first kappa shape index (κ1) is 19.1. The minimum Gasteiger partial charge on any atom is -0.481 e. The fraction of sp³-hybridized carbons (Fsp3) is 0.476. The van der Waals surface area contributed by atoms with Gasteiger partial charge < -0.3 is 15.7 Å². The van der Waals surface area contributed by atoms with Crippen LogP contribution in [0.3, 0.4) is 0 Å². The number of nitrogens with one attached hydrogen (secondary N) is 2. The van der Waals surface area contributed by atoms with Gasteiger partial charge in [-0.3, -0.25) is 14.4 Å². The maximum Gasteiger partial charge on any atom is 0.307 e. The smallest absolute Gasteiger partial charge is 0.307 e. The van der Waals surface area contributed by atoms with Gasteiger partial charge in [-0.25, -0.2) is 0 Å². The van der Waals surface area contributed by atoms with Crippen LogP contribution in [0, 0.1) is 18.8 Å². The third kappa shape index (κ3) is 4.56. The van der Waals surface area contributed by atoms with E-state index in [1.165, 1.54) is 0 Å². The molecule has 0 heterocycles. The summed E-state index contributed by atoms with van der Waals surface area (Å²) < 4.78 is 0. The molecule has 0 spiro atoms. The molecule has 3 N–H and O–H groups in total. The zero-order valence-electron chi connectivity index (χ0n) is 15.5. The lowest BCUT2D eigenvalue weighted by Gasteiger charge is -2.24. The lowest BCUT2D eigenvalue weighted by atomic mass is 9.82. The largest absolute Gasteiger partial charge is 0.481 e. The van der Waals surface area contributed by atoms with Crippen molar-refractivity contribution in [2.75, 3.05) is 5.32 Å². The molecule has 2 atom stereocenters. The number of allylic oxidation sites excluding steroid dienone is 2. The number of carbonyl (C=O) groups is 3. The zero-order chi connectivity index (χ0) is 19.4. The van der Waals surface area contributed by atoms with Crippen LogP contribution in [0.2, 0.25) is 0 Å². The number of carboxylic acids is 1. The van der Waals surface area contributed by atoms with Crippen molar-refractivity contribution >= 4 is 23.5 Å². The van der Waals surface area contributed by atoms with Gasteiger partial charge in [0.05, 0.1) is 11.8 Å². The van der Waals surface area contributed by atoms with Crippen LogP contribution in [-0.2, 0) is 9.59 Å². The normalized spacial score (nSPS) is 22.4. The van der Waals surface area contributed by atoms with Crippen LogP contribution in [0.25, 0.3) is 0 Å². The van der Waals surface area contributed by atoms with Crippen LogP contribution >= 0.6 is 0 Å². The molecule has 0 saturated heterocycles. The van der Waals surface area contributed by atoms with Gasteiger partial charge in [-0.15, -0.1) is 0 Å². The van der Waals surface area contributed by atoms with E-state index in [-0.39, 0.29) is 17.9 Å². The molecule has 1 aromatic carbocycles. The summed E-state index contributed by atoms with van der Waals surface area (Å²) >= 11 is 0. The average Bonchev–Trinajstić information content (AvgIpc) is 3.16. The second-order valence-electron chi connectivity index (χ2n) is 7.47. The van der Waals surface area contributed by atoms with Crippen LogP contribution in [0.1, 0.15) is 54.4 Å². The minimum atomic E-state index is -0.949. The molecule has 0 radical (unpaired) electrons. The van der Waals surface area contributed by atoms with Crippen LogP contribution in [0.5, 0.6) is 0 Å². The number of carboxylic acid groups (broad SMARTS) is 1. The number of carbonyl (C=O) groups excluding carboxylic acids is 2. The van der Waals surface area contributed by atoms with Gasteiger partial charge in [0.25, 0.3) is 5.91 Å². The predicted octanol–water partition coefficient (Wildman–Crippen LogP) is 3.27. The second kappa shape index (κ2) is 8.37. The van der Waals surface area contributed by atoms with E-state index in [0.29, 0.717) is 24.1 Å². The topological polar surface area (TPSA) is 95.5 Å². The van der Waals surface area contributed by atoms with Crippen LogP contribution in [0.15, 0.2) is 30.4 Å². The summed E-state index contributed by atoms with van der Waals surface area (Å²) in [7, 11) is 0. The summed E-state index contributed by atoms with van der Waals surface area (Å²) in [5.41, 5.74) is 1.96. The van der Waals surface area contributed by atoms with E-state index >= 15 is 0 Å². The van der Waals surface area contributed by atoms with Gasteiger partial charge in [0.2, 0.25) is 5.91 Å². The highest BCUT2D eigenvalue weighted by Crippen LogP contribution is 2.28. The summed E-state index contributed by atoms with van der Waals surface area (Å²) in [6, 6.07) is 5.42. The predicted molar refractivity (Wildman–Crippen MR) is 103 cm³/mol. The highest BCUT2D eigenvalue weighted by atomic mass is 16.4. The zero-order valence-corrected chi connectivity index (χ0v) is 15.5. The fourth-order valence-electron chi connectivity index (χ4n) is 3.89. The first-order valence-corrected chi connectivity index (χ1v) is 9.56. The number of aliphatic carboxylic acids is 1. The third-order valence-electron chi connectivity index (χ3n) is 5.52. The van der Waals surface area contributed by atoms with E-state index in [0.717, 1.165) is 31.2 Å². The number of anilines is 1. The number of hydrogen-bond donors (Lipinski definition) is 3. The molecule has 6 heteroatoms. The Kier molecular flexibility index (Phi) is 5.94. The van der Waals surface area contributed by atoms with Gasteiger partial charge in [-0.1, -0.05) is 25.0 Å². The maximum atomic E-state index is 12.6. The summed E-state index contributed by atoms with van der Waals surface area (Å²) in [6.45, 7) is 1.83. The summed E-state index contributed by atoms with van der Waals surface area (Å²) in [4.78, 5) is 36.4. The third-order valence-corrected chi connectivity index (χ3v) is 5.52. The first-order valence-electron chi connectivity index (χ1n) is 9.56. The first-order chi connectivity index (χ1) is 13.0. The highest BCUT2D eigenvalue weighted by Gasteiger charge is 2.34. The maximum absolute atomic E-state index is 12.6. The molecule has 0 aromatic heterocycles. The molecular formula is C21H26N2O4. The average molecular weight is 370 g/mol. The number of amides is 2. The van der Waals surface area contributed by atoms with Crippen LogP contribution in [0.4, 0.5) is 5.69 Å². The molecule has 1 saturated carbocycles. The summed E-state index contributed by atoms with van der Waals surface area (Å²) in [5, 5.41) is 15.2. The lowest BCUT2D eigenvalue weighted by Crippen LogP contribution is -2.35. The molecule has 2 aliphatic carbocycles. The number of aryl methyl sites for hydroxylation is 1. The van der Waals surface area contributed by atoms with Crippen molar-refractivity contribution in [3.8, 4) is 0 Å². The summed E-state index contributed by atoms with van der Waals surface area (Å²) in [5.74, 6) is -2.62. The number of hydrogen-bond acceptors (Lipinski definition) is 3. The highest BCUT2D eigenvalue weighted by molar-refractivity contribution is 5.98. The Morgan fingerprint density at radius 3 is 2.33 bits per heavy atom. The molecule has 0 aliphatic heterocycles. The standard InChI is InChI=1S/C21H26N2O4/c1-13-12-14(19(24)22-15-6-2-3-7-15)10-11-18(13)23-20(25)16-8-4-5-9-17(16)21(26)27/h4-5,10-12,15-17H,2-3,6-9H2,1H3,(H,22,24)(H,23,25)(H,26,27)/t16-,17-/m1/s1. The molecule has 27 heavy (non-hydrogen) atoms. The van der Waals surface area contributed by atoms with Gasteiger partial charge >= 0.3 is 5.97 Å². The Morgan fingerprint density at radius 2 is 1.70 bits per heavy atom. The Hall–Kier alpha value is -2.63. The Balaban J connectivity index is 1.66. The number of benzene rings is 1. The molecule has 1 aromatic rings. The van der Waals surface area contributed by atoms with Gasteiger partial charge in [0.15, 0.2) is 0 Å². The van der Waals surface area contributed by atoms with E-state index in [1.54, 1.807) is 18.2 Å². The lowest BCUT2D eigenvalue weighted by molar-refractivity contribution is -0.146. The van der Waals surface area contributed by atoms with Crippen LogP contribution < -0.4 is 10.6 Å². The van der Waals surface area contributed by atoms with Gasteiger partial charge in [0, 0.05) is 17.3 Å². The van der Waals surface area contributed by atoms with E-state index in [9.17, 15) is 19.5 Å². The van der Waals surface area contributed by atoms with Crippen LogP contribution in [-0.4, -0.2) is 28.9 Å². The van der Waals surface area contributed by atoms with Crippen molar-refractivity contribution in [2.45, 2.75) is 51.5 Å². The molecule has 2 aliphatic rings. The van der Waals surface area contributed by atoms with E-state index in [2.05, 4.69) is 10.6 Å². The van der Waals surface area contributed by atoms with Crippen molar-refractivity contribution in [1.82, 2.24) is 5.32 Å². The SMILES string of the molecule is Cc1cc(C(=O)NC2CCCC2)ccc1NC(=O)[C@@H]1CC=CC[C@H]1C(=O)O. The van der Waals surface area contributed by atoms with Crippen molar-refractivity contribution < 1.29 is 19.5 Å². The Labute approximate surface area is 159 Å². The quantitative estimate of drug-likeness (QED) is 0.693. The molecule has 3 rings (SSSR count). The van der Waals surface area contributed by atoms with E-state index < -0.39 is 17.8 Å². The van der Waals surface area contributed by atoms with Gasteiger partial charge in [-0.05, 0) is 56.4 Å². The molecule has 1 fully saturated rings.